The molecule has 0 amide bonds. The van der Waals surface area contributed by atoms with Crippen LogP contribution in [0, 0.1) is 34.5 Å². The third kappa shape index (κ3) is 2.48. The van der Waals surface area contributed by atoms with Crippen LogP contribution < -0.4 is 0 Å². The summed E-state index contributed by atoms with van der Waals surface area (Å²) < 4.78 is 0. The third-order valence-electron chi connectivity index (χ3n) is 8.48. The van der Waals surface area contributed by atoms with Crippen LogP contribution in [0.25, 0.3) is 0 Å². The molecule has 2 unspecified atom stereocenters. The van der Waals surface area contributed by atoms with E-state index in [0.29, 0.717) is 30.0 Å². The minimum Gasteiger partial charge on any atom is -0.388 e. The largest absolute Gasteiger partial charge is 0.388 e. The van der Waals surface area contributed by atoms with E-state index in [4.69, 9.17) is 0 Å². The molecule has 3 fully saturated rings. The maximum Gasteiger partial charge on any atom is 0.145 e. The van der Waals surface area contributed by atoms with Crippen molar-refractivity contribution in [2.45, 2.75) is 70.8 Å². The van der Waals surface area contributed by atoms with Gasteiger partial charge < -0.3 is 14.7 Å². The van der Waals surface area contributed by atoms with Gasteiger partial charge in [0.15, 0.2) is 0 Å². The molecule has 0 aromatic carbocycles. The first kappa shape index (κ1) is 18.1. The van der Waals surface area contributed by atoms with Crippen LogP contribution in [0.2, 0.25) is 0 Å². The quantitative estimate of drug-likeness (QED) is 0.476. The van der Waals surface area contributed by atoms with E-state index in [1.54, 1.807) is 6.08 Å². The van der Waals surface area contributed by atoms with Gasteiger partial charge in [0.2, 0.25) is 0 Å². The summed E-state index contributed by atoms with van der Waals surface area (Å²) in [5, 5.41) is 10.5. The minimum atomic E-state index is -0.859. The number of aldehydes is 2. The number of ketones is 1. The first-order valence-corrected chi connectivity index (χ1v) is 10.3. The number of carbonyl (C=O) groups excluding carboxylic acids is 3. The molecule has 0 spiro atoms. The van der Waals surface area contributed by atoms with Crippen molar-refractivity contribution in [2.75, 3.05) is 0 Å². The third-order valence-corrected chi connectivity index (χ3v) is 8.48. The van der Waals surface area contributed by atoms with Crippen molar-refractivity contribution in [3.8, 4) is 0 Å². The fraction of sp³-hybridized carbons (Fsp3) is 0.773. The summed E-state index contributed by atoms with van der Waals surface area (Å²) in [4.78, 5) is 35.7. The molecule has 1 N–H and O–H groups in total. The van der Waals surface area contributed by atoms with Gasteiger partial charge in [0.1, 0.15) is 18.4 Å². The Balaban J connectivity index is 1.70. The molecule has 0 saturated heterocycles. The summed E-state index contributed by atoms with van der Waals surface area (Å²) in [6.45, 7) is 2.43. The van der Waals surface area contributed by atoms with Crippen molar-refractivity contribution >= 4 is 18.4 Å². The molecule has 142 valence electrons. The Morgan fingerprint density at radius 1 is 1.23 bits per heavy atom. The molecule has 0 aliphatic heterocycles. The maximum atomic E-state index is 12.5. The highest BCUT2D eigenvalue weighted by molar-refractivity contribution is 5.92. The van der Waals surface area contributed by atoms with Crippen LogP contribution in [-0.4, -0.2) is 29.6 Å². The Kier molecular flexibility index (Phi) is 4.45. The normalized spacial score (nSPS) is 47.2. The van der Waals surface area contributed by atoms with E-state index in [0.717, 1.165) is 37.5 Å². The lowest BCUT2D eigenvalue weighted by atomic mass is 9.46. The SMILES string of the molecule is C[C@@]12CCC[C@H]1[C@@H]1CCC3=CC(O)C(C(=O)CC=O)C[C@]3(C=O)[C@@H]1CC2. The van der Waals surface area contributed by atoms with Crippen molar-refractivity contribution in [1.82, 2.24) is 0 Å². The second-order valence-corrected chi connectivity index (χ2v) is 9.49. The maximum absolute atomic E-state index is 12.5. The molecular weight excluding hydrogens is 328 g/mol. The lowest BCUT2D eigenvalue weighted by molar-refractivity contribution is -0.135. The Labute approximate surface area is 155 Å². The number of aliphatic hydroxyl groups excluding tert-OH is 1. The summed E-state index contributed by atoms with van der Waals surface area (Å²) in [6, 6.07) is 0. The van der Waals surface area contributed by atoms with Gasteiger partial charge >= 0.3 is 0 Å². The van der Waals surface area contributed by atoms with Gasteiger partial charge in [-0.15, -0.1) is 0 Å². The number of carbonyl (C=O) groups is 3. The molecular formula is C22H30O4. The zero-order valence-electron chi connectivity index (χ0n) is 15.7. The Morgan fingerprint density at radius 3 is 2.77 bits per heavy atom. The van der Waals surface area contributed by atoms with Gasteiger partial charge in [0.25, 0.3) is 0 Å². The number of hydrogen-bond donors (Lipinski definition) is 1. The van der Waals surface area contributed by atoms with E-state index >= 15 is 0 Å². The van der Waals surface area contributed by atoms with Crippen LogP contribution in [-0.2, 0) is 14.4 Å². The second-order valence-electron chi connectivity index (χ2n) is 9.49. The highest BCUT2D eigenvalue weighted by Gasteiger charge is 2.59. The van der Waals surface area contributed by atoms with Crippen LogP contribution in [0.4, 0.5) is 0 Å². The number of hydrogen-bond acceptors (Lipinski definition) is 4. The smallest absolute Gasteiger partial charge is 0.145 e. The van der Waals surface area contributed by atoms with E-state index in [1.165, 1.54) is 19.3 Å². The molecule has 4 aliphatic rings. The molecule has 0 heterocycles. The van der Waals surface area contributed by atoms with Crippen molar-refractivity contribution in [3.63, 3.8) is 0 Å². The fourth-order valence-corrected chi connectivity index (χ4v) is 7.19. The van der Waals surface area contributed by atoms with Gasteiger partial charge in [-0.1, -0.05) is 25.0 Å². The molecule has 4 rings (SSSR count). The number of aliphatic hydroxyl groups is 1. The standard InChI is InChI=1S/C22H30O4/c1-21-8-2-3-17(21)15-5-4-14-11-20(26)16(19(25)7-10-23)12-22(14,13-24)18(15)6-9-21/h10-11,13,15-18,20,26H,2-9,12H2,1H3/t15-,16?,17-,18+,20?,21-,22+/m0/s1. The molecule has 26 heavy (non-hydrogen) atoms. The average molecular weight is 358 g/mol. The highest BCUT2D eigenvalue weighted by Crippen LogP contribution is 2.65. The zero-order chi connectivity index (χ0) is 18.5. The van der Waals surface area contributed by atoms with Crippen molar-refractivity contribution < 1.29 is 19.5 Å². The molecule has 0 bridgehead atoms. The molecule has 4 aliphatic carbocycles. The summed E-state index contributed by atoms with van der Waals surface area (Å²) in [5.74, 6) is 0.680. The van der Waals surface area contributed by atoms with Crippen LogP contribution >= 0.6 is 0 Å². The van der Waals surface area contributed by atoms with Crippen molar-refractivity contribution in [2.24, 2.45) is 34.5 Å². The zero-order valence-corrected chi connectivity index (χ0v) is 15.7. The molecule has 4 heteroatoms. The first-order chi connectivity index (χ1) is 12.4. The minimum absolute atomic E-state index is 0.172. The van der Waals surface area contributed by atoms with Crippen molar-refractivity contribution in [1.29, 1.82) is 0 Å². The number of rotatable bonds is 4. The van der Waals surface area contributed by atoms with Gasteiger partial charge in [-0.05, 0) is 68.1 Å². The van der Waals surface area contributed by atoms with Gasteiger partial charge in [-0.2, -0.15) is 0 Å². The Morgan fingerprint density at radius 2 is 2.04 bits per heavy atom. The van der Waals surface area contributed by atoms with E-state index in [-0.39, 0.29) is 18.1 Å². The highest BCUT2D eigenvalue weighted by atomic mass is 16.3. The molecule has 0 aromatic heterocycles. The predicted octanol–water partition coefficient (Wildman–Crippen LogP) is 3.26. The number of allylic oxidation sites excluding steroid dienone is 1. The molecule has 4 nitrogen and oxygen atoms in total. The number of Topliss-reactive ketones (excluding diaryl/α,β-unsaturated/α-hetero) is 1. The number of fused-ring (bicyclic) bond motifs is 5. The molecule has 7 atom stereocenters. The van der Waals surface area contributed by atoms with Crippen LogP contribution in [0.3, 0.4) is 0 Å². The van der Waals surface area contributed by atoms with Crippen LogP contribution in [0.1, 0.15) is 64.7 Å². The van der Waals surface area contributed by atoms with E-state index in [9.17, 15) is 19.5 Å². The average Bonchev–Trinajstić information content (AvgIpc) is 3.03. The lowest BCUT2D eigenvalue weighted by Gasteiger charge is -2.57. The van der Waals surface area contributed by atoms with Crippen LogP contribution in [0.5, 0.6) is 0 Å². The van der Waals surface area contributed by atoms with Crippen molar-refractivity contribution in [3.05, 3.63) is 11.6 Å². The van der Waals surface area contributed by atoms with Gasteiger partial charge in [-0.25, -0.2) is 0 Å². The van der Waals surface area contributed by atoms with E-state index in [1.807, 2.05) is 0 Å². The van der Waals surface area contributed by atoms with Gasteiger partial charge in [-0.3, -0.25) is 4.79 Å². The lowest BCUT2D eigenvalue weighted by Crippen LogP contribution is -2.53. The predicted molar refractivity (Wildman–Crippen MR) is 97.3 cm³/mol. The molecule has 0 radical (unpaired) electrons. The Bertz CT molecular complexity index is 653. The first-order valence-electron chi connectivity index (χ1n) is 10.3. The Hall–Kier alpha value is -1.29. The second kappa shape index (κ2) is 6.40. The van der Waals surface area contributed by atoms with Gasteiger partial charge in [0, 0.05) is 5.92 Å². The van der Waals surface area contributed by atoms with E-state index < -0.39 is 17.4 Å². The summed E-state index contributed by atoms with van der Waals surface area (Å²) >= 11 is 0. The molecule has 3 saturated carbocycles. The van der Waals surface area contributed by atoms with E-state index in [2.05, 4.69) is 6.92 Å². The summed E-state index contributed by atoms with van der Waals surface area (Å²) in [5.41, 5.74) is 0.876. The monoisotopic (exact) mass is 358 g/mol. The fourth-order valence-electron chi connectivity index (χ4n) is 7.19. The summed E-state index contributed by atoms with van der Waals surface area (Å²) in [7, 11) is 0. The topological polar surface area (TPSA) is 71.4 Å². The van der Waals surface area contributed by atoms with Gasteiger partial charge in [0.05, 0.1) is 17.9 Å². The molecule has 0 aromatic rings. The summed E-state index contributed by atoms with van der Waals surface area (Å²) in [6.07, 6.45) is 10.9. The van der Waals surface area contributed by atoms with Crippen LogP contribution in [0.15, 0.2) is 11.6 Å².